The maximum absolute atomic E-state index is 4.72. The van der Waals surface area contributed by atoms with Gasteiger partial charge in [0, 0.05) is 6.42 Å². The fourth-order valence-corrected chi connectivity index (χ4v) is 2.56. The maximum atomic E-state index is 4.72. The molecule has 0 fully saturated rings. The van der Waals surface area contributed by atoms with E-state index in [9.17, 15) is 0 Å². The van der Waals surface area contributed by atoms with Gasteiger partial charge in [-0.2, -0.15) is 5.10 Å². The summed E-state index contributed by atoms with van der Waals surface area (Å²) in [5, 5.41) is 4.72. The second-order valence-electron chi connectivity index (χ2n) is 5.11. The van der Waals surface area contributed by atoms with Crippen molar-refractivity contribution in [2.75, 3.05) is 0 Å². The van der Waals surface area contributed by atoms with E-state index in [2.05, 4.69) is 54.8 Å². The van der Waals surface area contributed by atoms with Crippen LogP contribution in [0.5, 0.6) is 0 Å². The molecule has 2 heterocycles. The number of hydrogen-bond donors (Lipinski definition) is 0. The Kier molecular flexibility index (Phi) is 2.94. The van der Waals surface area contributed by atoms with Crippen molar-refractivity contribution in [3.8, 4) is 0 Å². The molecule has 1 aromatic carbocycles. The average Bonchev–Trinajstić information content (AvgIpc) is 2.98. The van der Waals surface area contributed by atoms with E-state index in [-0.39, 0.29) is 0 Å². The van der Waals surface area contributed by atoms with E-state index in [4.69, 9.17) is 5.10 Å². The van der Waals surface area contributed by atoms with Gasteiger partial charge in [-0.3, -0.25) is 0 Å². The van der Waals surface area contributed by atoms with Crippen molar-refractivity contribution < 1.29 is 0 Å². The Morgan fingerprint density at radius 1 is 1.39 bits per heavy atom. The van der Waals surface area contributed by atoms with Crippen LogP contribution in [-0.4, -0.2) is 22.6 Å². The first-order valence-corrected chi connectivity index (χ1v) is 6.80. The molecule has 0 bridgehead atoms. The first-order chi connectivity index (χ1) is 8.79. The first-order valence-electron chi connectivity index (χ1n) is 6.80. The van der Waals surface area contributed by atoms with E-state index < -0.39 is 0 Å². The Labute approximate surface area is 109 Å². The zero-order valence-electron chi connectivity index (χ0n) is 11.0. The van der Waals surface area contributed by atoms with Crippen molar-refractivity contribution in [3.63, 3.8) is 0 Å². The lowest BCUT2D eigenvalue weighted by molar-refractivity contribution is 0.546. The summed E-state index contributed by atoms with van der Waals surface area (Å²) in [6.45, 7) is 2.19. The third kappa shape index (κ3) is 1.86. The number of hydrogen-bond acceptors (Lipinski definition) is 2. The van der Waals surface area contributed by atoms with Gasteiger partial charge in [-0.1, -0.05) is 43.7 Å². The maximum Gasteiger partial charge on any atom is 0.146 e. The van der Waals surface area contributed by atoms with E-state index >= 15 is 0 Å². The molecular formula is C14H18BN3. The van der Waals surface area contributed by atoms with Crippen molar-refractivity contribution in [1.82, 2.24) is 14.8 Å². The van der Waals surface area contributed by atoms with Gasteiger partial charge in [0.15, 0.2) is 0 Å². The summed E-state index contributed by atoms with van der Waals surface area (Å²) in [4.78, 5) is 4.69. The molecule has 1 aliphatic rings. The molecule has 0 radical (unpaired) electrons. The minimum Gasteiger partial charge on any atom is -0.242 e. The van der Waals surface area contributed by atoms with Gasteiger partial charge in [-0.15, -0.1) is 0 Å². The standard InChI is InChI=1S/C14H18BN3/c1-2-11(15)14-16-13-9-8-12(18(13)17-14)10-6-4-3-5-7-10/h3-7,11-12H,2,8-9,15H2,1H3/t11-,12?/m0/s1. The third-order valence-corrected chi connectivity index (χ3v) is 3.89. The minimum atomic E-state index is 0.381. The lowest BCUT2D eigenvalue weighted by Gasteiger charge is -2.12. The van der Waals surface area contributed by atoms with Crippen LogP contribution >= 0.6 is 0 Å². The molecular weight excluding hydrogens is 221 g/mol. The van der Waals surface area contributed by atoms with Crippen molar-refractivity contribution >= 4 is 7.85 Å². The summed E-state index contributed by atoms with van der Waals surface area (Å²) in [7, 11) is 2.20. The normalized spacial score (nSPS) is 19.7. The second kappa shape index (κ2) is 4.60. The Balaban J connectivity index is 1.94. The van der Waals surface area contributed by atoms with Gasteiger partial charge < -0.3 is 0 Å². The number of benzene rings is 1. The molecule has 0 spiro atoms. The van der Waals surface area contributed by atoms with Crippen LogP contribution in [-0.2, 0) is 6.42 Å². The molecule has 0 saturated carbocycles. The molecule has 0 amide bonds. The Morgan fingerprint density at radius 3 is 2.89 bits per heavy atom. The van der Waals surface area contributed by atoms with Crippen molar-refractivity contribution in [1.29, 1.82) is 0 Å². The summed E-state index contributed by atoms with van der Waals surface area (Å²) in [5.74, 6) is 2.62. The molecule has 18 heavy (non-hydrogen) atoms. The highest BCUT2D eigenvalue weighted by atomic mass is 15.4. The van der Waals surface area contributed by atoms with Crippen LogP contribution < -0.4 is 0 Å². The van der Waals surface area contributed by atoms with Gasteiger partial charge in [-0.05, 0) is 17.8 Å². The predicted octanol–water partition coefficient (Wildman–Crippen LogP) is 1.90. The molecule has 2 aromatic rings. The lowest BCUT2D eigenvalue weighted by Crippen LogP contribution is -2.09. The molecule has 3 rings (SSSR count). The van der Waals surface area contributed by atoms with E-state index in [0.717, 1.165) is 30.9 Å². The van der Waals surface area contributed by atoms with E-state index in [1.165, 1.54) is 5.56 Å². The number of aryl methyl sites for hydroxylation is 1. The van der Waals surface area contributed by atoms with Crippen molar-refractivity contribution in [2.45, 2.75) is 38.0 Å². The van der Waals surface area contributed by atoms with Gasteiger partial charge in [-0.25, -0.2) is 9.67 Å². The molecule has 3 nitrogen and oxygen atoms in total. The second-order valence-corrected chi connectivity index (χ2v) is 5.11. The number of fused-ring (bicyclic) bond motifs is 1. The Morgan fingerprint density at radius 2 is 2.17 bits per heavy atom. The summed E-state index contributed by atoms with van der Waals surface area (Å²) in [6, 6.07) is 11.0. The Bertz CT molecular complexity index is 535. The Hall–Kier alpha value is -1.58. The van der Waals surface area contributed by atoms with Gasteiger partial charge in [0.05, 0.1) is 6.04 Å². The molecule has 1 aromatic heterocycles. The molecule has 2 atom stereocenters. The molecule has 0 aliphatic carbocycles. The number of nitrogens with zero attached hydrogens (tertiary/aromatic N) is 3. The smallest absolute Gasteiger partial charge is 0.146 e. The number of aromatic nitrogens is 3. The quantitative estimate of drug-likeness (QED) is 0.766. The van der Waals surface area contributed by atoms with Crippen molar-refractivity contribution in [2.24, 2.45) is 0 Å². The van der Waals surface area contributed by atoms with Crippen LogP contribution in [0.1, 0.15) is 48.8 Å². The fraction of sp³-hybridized carbons (Fsp3) is 0.429. The zero-order chi connectivity index (χ0) is 12.5. The molecule has 0 N–H and O–H groups in total. The van der Waals surface area contributed by atoms with Gasteiger partial charge in [0.1, 0.15) is 19.5 Å². The summed E-state index contributed by atoms with van der Waals surface area (Å²) >= 11 is 0. The van der Waals surface area contributed by atoms with Crippen molar-refractivity contribution in [3.05, 3.63) is 47.5 Å². The van der Waals surface area contributed by atoms with E-state index in [1.807, 2.05) is 0 Å². The van der Waals surface area contributed by atoms with Crippen LogP contribution in [0.4, 0.5) is 0 Å². The molecule has 1 unspecified atom stereocenters. The van der Waals surface area contributed by atoms with E-state index in [0.29, 0.717) is 11.9 Å². The highest BCUT2D eigenvalue weighted by molar-refractivity contribution is 6.11. The molecule has 1 aliphatic heterocycles. The van der Waals surface area contributed by atoms with Crippen LogP contribution in [0.15, 0.2) is 30.3 Å². The first kappa shape index (κ1) is 11.5. The summed E-state index contributed by atoms with van der Waals surface area (Å²) in [5.41, 5.74) is 1.34. The third-order valence-electron chi connectivity index (χ3n) is 3.89. The zero-order valence-corrected chi connectivity index (χ0v) is 11.0. The summed E-state index contributed by atoms with van der Waals surface area (Å²) in [6.07, 6.45) is 3.27. The monoisotopic (exact) mass is 239 g/mol. The van der Waals surface area contributed by atoms with Crippen LogP contribution in [0.3, 0.4) is 0 Å². The van der Waals surface area contributed by atoms with Crippen LogP contribution in [0, 0.1) is 0 Å². The minimum absolute atomic E-state index is 0.381. The largest absolute Gasteiger partial charge is 0.242 e. The van der Waals surface area contributed by atoms with Gasteiger partial charge in [0.2, 0.25) is 0 Å². The van der Waals surface area contributed by atoms with Crippen LogP contribution in [0.2, 0.25) is 0 Å². The predicted molar refractivity (Wildman–Crippen MR) is 74.5 cm³/mol. The lowest BCUT2D eigenvalue weighted by atomic mass is 9.84. The van der Waals surface area contributed by atoms with E-state index in [1.54, 1.807) is 0 Å². The fourth-order valence-electron chi connectivity index (χ4n) is 2.56. The SMILES string of the molecule is B[C@@H](CC)c1nc2n(n1)C(c1ccccc1)CC2. The highest BCUT2D eigenvalue weighted by Gasteiger charge is 2.27. The highest BCUT2D eigenvalue weighted by Crippen LogP contribution is 2.31. The molecule has 4 heteroatoms. The van der Waals surface area contributed by atoms with Gasteiger partial charge in [0.25, 0.3) is 0 Å². The number of rotatable bonds is 3. The topological polar surface area (TPSA) is 30.7 Å². The van der Waals surface area contributed by atoms with Crippen LogP contribution in [0.25, 0.3) is 0 Å². The molecule has 0 saturated heterocycles. The molecule has 92 valence electrons. The summed E-state index contributed by atoms with van der Waals surface area (Å²) < 4.78 is 2.14. The van der Waals surface area contributed by atoms with Gasteiger partial charge >= 0.3 is 0 Å². The average molecular weight is 239 g/mol.